The Hall–Kier alpha value is -0.870. The second-order valence-electron chi connectivity index (χ2n) is 6.40. The molecular formula is C17H32N4. The van der Waals surface area contributed by atoms with Gasteiger partial charge in [-0.2, -0.15) is 0 Å². The van der Waals surface area contributed by atoms with Crippen molar-refractivity contribution in [2.24, 2.45) is 5.92 Å². The van der Waals surface area contributed by atoms with Crippen molar-refractivity contribution in [1.82, 2.24) is 19.8 Å². The number of hydrogen-bond donors (Lipinski definition) is 1. The van der Waals surface area contributed by atoms with E-state index in [4.69, 9.17) is 0 Å². The fourth-order valence-corrected chi connectivity index (χ4v) is 3.57. The van der Waals surface area contributed by atoms with Crippen molar-refractivity contribution in [3.63, 3.8) is 0 Å². The van der Waals surface area contributed by atoms with Crippen molar-refractivity contribution in [2.75, 3.05) is 26.7 Å². The molecule has 0 bridgehead atoms. The van der Waals surface area contributed by atoms with Crippen LogP contribution in [-0.4, -0.2) is 41.1 Å². The Balaban J connectivity index is 2.17. The monoisotopic (exact) mass is 292 g/mol. The normalized spacial score (nSPS) is 24.1. The molecule has 120 valence electrons. The fourth-order valence-electron chi connectivity index (χ4n) is 3.57. The van der Waals surface area contributed by atoms with Crippen LogP contribution in [0, 0.1) is 5.92 Å². The van der Waals surface area contributed by atoms with Crippen LogP contribution in [0.25, 0.3) is 0 Å². The first-order valence-corrected chi connectivity index (χ1v) is 8.68. The Kier molecular flexibility index (Phi) is 6.71. The molecule has 4 nitrogen and oxygen atoms in total. The van der Waals surface area contributed by atoms with Crippen molar-refractivity contribution in [3.8, 4) is 0 Å². The van der Waals surface area contributed by atoms with Crippen LogP contribution in [0.4, 0.5) is 0 Å². The second-order valence-corrected chi connectivity index (χ2v) is 6.40. The lowest BCUT2D eigenvalue weighted by Crippen LogP contribution is -2.36. The van der Waals surface area contributed by atoms with E-state index in [0.29, 0.717) is 12.0 Å². The topological polar surface area (TPSA) is 33.1 Å². The van der Waals surface area contributed by atoms with Gasteiger partial charge in [-0.25, -0.2) is 4.98 Å². The van der Waals surface area contributed by atoms with Crippen LogP contribution >= 0.6 is 0 Å². The Morgan fingerprint density at radius 2 is 2.14 bits per heavy atom. The summed E-state index contributed by atoms with van der Waals surface area (Å²) in [6.45, 7) is 9.00. The third-order valence-corrected chi connectivity index (χ3v) is 4.60. The molecule has 2 heterocycles. The maximum absolute atomic E-state index is 4.43. The Morgan fingerprint density at radius 1 is 1.29 bits per heavy atom. The molecule has 0 spiro atoms. The Morgan fingerprint density at radius 3 is 2.90 bits per heavy atom. The fraction of sp³-hybridized carbons (Fsp3) is 0.824. The number of imidazole rings is 1. The van der Waals surface area contributed by atoms with E-state index in [9.17, 15) is 0 Å². The van der Waals surface area contributed by atoms with Gasteiger partial charge in [-0.05, 0) is 58.3 Å². The van der Waals surface area contributed by atoms with E-state index in [2.05, 4.69) is 46.9 Å². The number of hydrogen-bond acceptors (Lipinski definition) is 3. The standard InChI is InChI=1S/C17H32N4/c1-4-9-18-12-15-8-6-7-11-20(3)17(15)16-13-19-14-21(16)10-5-2/h13-15,17-18H,4-12H2,1-3H3. The summed E-state index contributed by atoms with van der Waals surface area (Å²) in [7, 11) is 2.28. The van der Waals surface area contributed by atoms with Gasteiger partial charge in [0.1, 0.15) is 0 Å². The van der Waals surface area contributed by atoms with Gasteiger partial charge in [0.05, 0.1) is 18.1 Å². The summed E-state index contributed by atoms with van der Waals surface area (Å²) in [5, 5.41) is 3.64. The first kappa shape index (κ1) is 16.5. The summed E-state index contributed by atoms with van der Waals surface area (Å²) in [6.07, 6.45) is 10.5. The van der Waals surface area contributed by atoms with Crippen molar-refractivity contribution in [2.45, 2.75) is 58.5 Å². The highest BCUT2D eigenvalue weighted by atomic mass is 15.2. The molecule has 0 saturated carbocycles. The van der Waals surface area contributed by atoms with Gasteiger partial charge < -0.3 is 9.88 Å². The molecule has 0 aliphatic carbocycles. The van der Waals surface area contributed by atoms with E-state index in [0.717, 1.165) is 19.6 Å². The van der Waals surface area contributed by atoms with Gasteiger partial charge in [0, 0.05) is 12.7 Å². The number of nitrogens with one attached hydrogen (secondary N) is 1. The van der Waals surface area contributed by atoms with E-state index < -0.39 is 0 Å². The van der Waals surface area contributed by atoms with Crippen molar-refractivity contribution in [3.05, 3.63) is 18.2 Å². The van der Waals surface area contributed by atoms with Crippen molar-refractivity contribution < 1.29 is 0 Å². The minimum Gasteiger partial charge on any atom is -0.333 e. The average molecular weight is 292 g/mol. The van der Waals surface area contributed by atoms with E-state index in [1.165, 1.54) is 44.3 Å². The van der Waals surface area contributed by atoms with Crippen LogP contribution in [0.3, 0.4) is 0 Å². The largest absolute Gasteiger partial charge is 0.333 e. The average Bonchev–Trinajstić information content (AvgIpc) is 2.84. The summed E-state index contributed by atoms with van der Waals surface area (Å²) in [5.41, 5.74) is 1.41. The van der Waals surface area contributed by atoms with Crippen LogP contribution in [0.15, 0.2) is 12.5 Å². The molecule has 1 saturated heterocycles. The predicted octanol–water partition coefficient (Wildman–Crippen LogP) is 3.07. The summed E-state index contributed by atoms with van der Waals surface area (Å²) < 4.78 is 2.36. The lowest BCUT2D eigenvalue weighted by molar-refractivity contribution is 0.180. The van der Waals surface area contributed by atoms with Gasteiger partial charge >= 0.3 is 0 Å². The van der Waals surface area contributed by atoms with Gasteiger partial charge in [0.25, 0.3) is 0 Å². The first-order chi connectivity index (χ1) is 10.3. The molecule has 0 aromatic carbocycles. The third kappa shape index (κ3) is 4.30. The van der Waals surface area contributed by atoms with Gasteiger partial charge in [-0.15, -0.1) is 0 Å². The molecule has 2 unspecified atom stereocenters. The Bertz CT molecular complexity index is 401. The second kappa shape index (κ2) is 8.54. The first-order valence-electron chi connectivity index (χ1n) is 8.68. The van der Waals surface area contributed by atoms with Crippen molar-refractivity contribution >= 4 is 0 Å². The number of nitrogens with zero attached hydrogens (tertiary/aromatic N) is 3. The van der Waals surface area contributed by atoms with Crippen molar-refractivity contribution in [1.29, 1.82) is 0 Å². The third-order valence-electron chi connectivity index (χ3n) is 4.60. The summed E-state index contributed by atoms with van der Waals surface area (Å²) >= 11 is 0. The number of aromatic nitrogens is 2. The molecular weight excluding hydrogens is 260 g/mol. The molecule has 1 aliphatic heterocycles. The maximum Gasteiger partial charge on any atom is 0.0948 e. The quantitative estimate of drug-likeness (QED) is 0.784. The zero-order chi connectivity index (χ0) is 15.1. The minimum atomic E-state index is 0.505. The molecule has 1 fully saturated rings. The lowest BCUT2D eigenvalue weighted by atomic mass is 9.92. The summed E-state index contributed by atoms with van der Waals surface area (Å²) in [4.78, 5) is 6.98. The molecule has 2 atom stereocenters. The minimum absolute atomic E-state index is 0.505. The SMILES string of the molecule is CCCNCC1CCCCN(C)C1c1cncn1CCC. The molecule has 21 heavy (non-hydrogen) atoms. The molecule has 1 aromatic heterocycles. The molecule has 2 rings (SSSR count). The van der Waals surface area contributed by atoms with Crippen LogP contribution in [-0.2, 0) is 6.54 Å². The highest BCUT2D eigenvalue weighted by molar-refractivity contribution is 5.08. The van der Waals surface area contributed by atoms with Gasteiger partial charge in [0.2, 0.25) is 0 Å². The zero-order valence-electron chi connectivity index (χ0n) is 14.0. The highest BCUT2D eigenvalue weighted by Gasteiger charge is 2.30. The van der Waals surface area contributed by atoms with E-state index in [1.54, 1.807) is 0 Å². The highest BCUT2D eigenvalue weighted by Crippen LogP contribution is 2.33. The molecule has 1 N–H and O–H groups in total. The van der Waals surface area contributed by atoms with Gasteiger partial charge in [-0.1, -0.05) is 20.3 Å². The number of rotatable bonds is 7. The van der Waals surface area contributed by atoms with E-state index >= 15 is 0 Å². The molecule has 4 heteroatoms. The lowest BCUT2D eigenvalue weighted by Gasteiger charge is -2.33. The van der Waals surface area contributed by atoms with E-state index in [-0.39, 0.29) is 0 Å². The number of likely N-dealkylation sites (tertiary alicyclic amines) is 1. The van der Waals surface area contributed by atoms with Crippen LogP contribution in [0.1, 0.15) is 57.7 Å². The smallest absolute Gasteiger partial charge is 0.0948 e. The molecule has 0 amide bonds. The zero-order valence-corrected chi connectivity index (χ0v) is 14.0. The summed E-state index contributed by atoms with van der Waals surface area (Å²) in [5.74, 6) is 0.691. The number of aryl methyl sites for hydroxylation is 1. The van der Waals surface area contributed by atoms with Gasteiger partial charge in [-0.3, -0.25) is 4.90 Å². The van der Waals surface area contributed by atoms with Crippen LogP contribution in [0.2, 0.25) is 0 Å². The van der Waals surface area contributed by atoms with Gasteiger partial charge in [0.15, 0.2) is 0 Å². The van der Waals surface area contributed by atoms with Crippen LogP contribution < -0.4 is 5.32 Å². The molecule has 1 aromatic rings. The molecule has 0 radical (unpaired) electrons. The maximum atomic E-state index is 4.43. The summed E-state index contributed by atoms with van der Waals surface area (Å²) in [6, 6.07) is 0.505. The predicted molar refractivity (Wildman–Crippen MR) is 88.4 cm³/mol. The molecule has 1 aliphatic rings. The van der Waals surface area contributed by atoms with E-state index in [1.807, 2.05) is 6.33 Å². The van der Waals surface area contributed by atoms with Crippen LogP contribution in [0.5, 0.6) is 0 Å². The Labute approximate surface area is 129 Å².